The number of aromatic nitrogens is 1. The molecule has 1 atom stereocenters. The van der Waals surface area contributed by atoms with Crippen molar-refractivity contribution in [3.05, 3.63) is 65.2 Å². The van der Waals surface area contributed by atoms with Gasteiger partial charge in [-0.2, -0.15) is 0 Å². The number of nitrogens with one attached hydrogen (secondary N) is 1. The van der Waals surface area contributed by atoms with E-state index in [-0.39, 0.29) is 18.4 Å². The number of ether oxygens (including phenoxy) is 1. The lowest BCUT2D eigenvalue weighted by Crippen LogP contribution is -2.36. The lowest BCUT2D eigenvalue weighted by molar-refractivity contribution is -0.147. The molecule has 2 aromatic carbocycles. The number of hydrogen-bond donors (Lipinski definition) is 1. The van der Waals surface area contributed by atoms with Gasteiger partial charge in [-0.05, 0) is 31.0 Å². The monoisotopic (exact) mass is 428 g/mol. The maximum Gasteiger partial charge on any atom is 0.311 e. The number of thiazole rings is 1. The molecule has 152 valence electrons. The highest BCUT2D eigenvalue weighted by atomic mass is 32.2. The summed E-state index contributed by atoms with van der Waals surface area (Å²) in [6.45, 7) is 2.39. The van der Waals surface area contributed by atoms with Gasteiger partial charge in [0.2, 0.25) is 5.91 Å². The van der Waals surface area contributed by atoms with E-state index in [1.807, 2.05) is 48.5 Å². The van der Waals surface area contributed by atoms with Crippen molar-refractivity contribution in [2.75, 3.05) is 18.9 Å². The minimum absolute atomic E-state index is 0.0847. The molecule has 0 radical (unpaired) electrons. The number of fused-ring (bicyclic) bond motifs is 1. The maximum atomic E-state index is 12.3. The van der Waals surface area contributed by atoms with E-state index < -0.39 is 5.92 Å². The number of carbonyl (C=O) groups is 2. The molecular weight excluding hydrogens is 404 g/mol. The second kappa shape index (κ2) is 11.0. The molecule has 1 N–H and O–H groups in total. The zero-order valence-electron chi connectivity index (χ0n) is 16.3. The van der Waals surface area contributed by atoms with E-state index in [1.165, 1.54) is 11.8 Å². The van der Waals surface area contributed by atoms with Crippen LogP contribution in [0, 0.1) is 5.92 Å². The van der Waals surface area contributed by atoms with Gasteiger partial charge in [-0.25, -0.2) is 4.98 Å². The summed E-state index contributed by atoms with van der Waals surface area (Å²) in [6.07, 6.45) is 0.540. The van der Waals surface area contributed by atoms with Crippen LogP contribution in [-0.2, 0) is 26.5 Å². The average Bonchev–Trinajstić information content (AvgIpc) is 3.15. The van der Waals surface area contributed by atoms with Crippen molar-refractivity contribution >= 4 is 45.2 Å². The standard InChI is InChI=1S/C22H24N2O3S2/c1-2-27-22(26)17(12-16-8-4-3-5-9-16)13-23-20(25)14-28-15-21-24-18-10-6-7-11-19(18)29-21/h3-11,17H,2,12-15H2,1H3,(H,23,25). The van der Waals surface area contributed by atoms with Crippen LogP contribution in [0.2, 0.25) is 0 Å². The first-order valence-corrected chi connectivity index (χ1v) is 11.5. The Balaban J connectivity index is 1.46. The molecule has 0 aliphatic carbocycles. The highest BCUT2D eigenvalue weighted by Crippen LogP contribution is 2.24. The first kappa shape index (κ1) is 21.3. The van der Waals surface area contributed by atoms with E-state index in [9.17, 15) is 9.59 Å². The van der Waals surface area contributed by atoms with Crippen LogP contribution in [0.25, 0.3) is 10.2 Å². The molecule has 5 nitrogen and oxygen atoms in total. The van der Waals surface area contributed by atoms with Gasteiger partial charge in [0.05, 0.1) is 28.5 Å². The summed E-state index contributed by atoms with van der Waals surface area (Å²) < 4.78 is 6.33. The largest absolute Gasteiger partial charge is 0.466 e. The summed E-state index contributed by atoms with van der Waals surface area (Å²) >= 11 is 3.18. The third kappa shape index (κ3) is 6.58. The van der Waals surface area contributed by atoms with Crippen LogP contribution < -0.4 is 5.32 Å². The van der Waals surface area contributed by atoms with E-state index in [0.717, 1.165) is 20.8 Å². The lowest BCUT2D eigenvalue weighted by Gasteiger charge is -2.16. The second-order valence-corrected chi connectivity index (χ2v) is 8.61. The maximum absolute atomic E-state index is 12.3. The first-order valence-electron chi connectivity index (χ1n) is 9.55. The highest BCUT2D eigenvalue weighted by Gasteiger charge is 2.21. The summed E-state index contributed by atoms with van der Waals surface area (Å²) in [4.78, 5) is 29.1. The molecule has 0 spiro atoms. The van der Waals surface area contributed by atoms with Crippen LogP contribution in [0.4, 0.5) is 0 Å². The molecule has 3 rings (SSSR count). The van der Waals surface area contributed by atoms with E-state index in [2.05, 4.69) is 16.4 Å². The van der Waals surface area contributed by atoms with E-state index in [0.29, 0.717) is 24.5 Å². The van der Waals surface area contributed by atoms with Gasteiger partial charge in [0, 0.05) is 12.3 Å². The fourth-order valence-electron chi connectivity index (χ4n) is 2.90. The Bertz CT molecular complexity index is 910. The van der Waals surface area contributed by atoms with Crippen molar-refractivity contribution < 1.29 is 14.3 Å². The SMILES string of the molecule is CCOC(=O)C(CNC(=O)CSCc1nc2ccccc2s1)Cc1ccccc1. The molecule has 0 bridgehead atoms. The smallest absolute Gasteiger partial charge is 0.311 e. The van der Waals surface area contributed by atoms with E-state index in [4.69, 9.17) is 4.74 Å². The third-order valence-electron chi connectivity index (χ3n) is 4.29. The number of rotatable bonds is 10. The fraction of sp³-hybridized carbons (Fsp3) is 0.318. The predicted molar refractivity (Wildman–Crippen MR) is 119 cm³/mol. The van der Waals surface area contributed by atoms with E-state index >= 15 is 0 Å². The predicted octanol–water partition coefficient (Wildman–Crippen LogP) is 4.07. The fourth-order valence-corrected chi connectivity index (χ4v) is 4.78. The normalized spacial score (nSPS) is 11.9. The quantitative estimate of drug-likeness (QED) is 0.493. The number of thioether (sulfide) groups is 1. The third-order valence-corrected chi connectivity index (χ3v) is 6.45. The molecule has 0 fully saturated rings. The Kier molecular flexibility index (Phi) is 8.07. The summed E-state index contributed by atoms with van der Waals surface area (Å²) in [5, 5.41) is 3.89. The van der Waals surface area contributed by atoms with Gasteiger partial charge in [0.25, 0.3) is 0 Å². The summed E-state index contributed by atoms with van der Waals surface area (Å²) in [5.41, 5.74) is 2.04. The molecule has 1 heterocycles. The Labute approximate surface area is 178 Å². The Morgan fingerprint density at radius 3 is 2.66 bits per heavy atom. The van der Waals surface area contributed by atoms with Gasteiger partial charge < -0.3 is 10.1 Å². The average molecular weight is 429 g/mol. The van der Waals surface area contributed by atoms with Crippen molar-refractivity contribution in [1.29, 1.82) is 0 Å². The van der Waals surface area contributed by atoms with Gasteiger partial charge in [0.1, 0.15) is 5.01 Å². The molecule has 0 aliphatic heterocycles. The molecule has 1 aromatic heterocycles. The minimum Gasteiger partial charge on any atom is -0.466 e. The summed E-state index contributed by atoms with van der Waals surface area (Å²) in [7, 11) is 0. The number of benzene rings is 2. The molecular formula is C22H24N2O3S2. The van der Waals surface area contributed by atoms with Crippen molar-refractivity contribution in [2.45, 2.75) is 19.1 Å². The highest BCUT2D eigenvalue weighted by molar-refractivity contribution is 7.99. The van der Waals surface area contributed by atoms with Crippen molar-refractivity contribution in [3.63, 3.8) is 0 Å². The zero-order chi connectivity index (χ0) is 20.5. The zero-order valence-corrected chi connectivity index (χ0v) is 17.9. The number of carbonyl (C=O) groups excluding carboxylic acids is 2. The number of esters is 1. The molecule has 29 heavy (non-hydrogen) atoms. The van der Waals surface area contributed by atoms with Gasteiger partial charge in [0.15, 0.2) is 0 Å². The van der Waals surface area contributed by atoms with Crippen LogP contribution in [0.15, 0.2) is 54.6 Å². The van der Waals surface area contributed by atoms with Crippen molar-refractivity contribution in [1.82, 2.24) is 10.3 Å². The molecule has 0 saturated carbocycles. The molecule has 7 heteroatoms. The van der Waals surface area contributed by atoms with Crippen LogP contribution in [0.3, 0.4) is 0 Å². The first-order chi connectivity index (χ1) is 14.2. The van der Waals surface area contributed by atoms with Crippen LogP contribution in [-0.4, -0.2) is 35.8 Å². The molecule has 1 amide bonds. The minimum atomic E-state index is -0.393. The van der Waals surface area contributed by atoms with Crippen LogP contribution in [0.1, 0.15) is 17.5 Å². The lowest BCUT2D eigenvalue weighted by atomic mass is 9.99. The summed E-state index contributed by atoms with van der Waals surface area (Å²) in [5.74, 6) is 0.266. The van der Waals surface area contributed by atoms with Gasteiger partial charge in [-0.1, -0.05) is 42.5 Å². The Hall–Kier alpha value is -2.38. The molecule has 3 aromatic rings. The Morgan fingerprint density at radius 2 is 1.90 bits per heavy atom. The van der Waals surface area contributed by atoms with Crippen LogP contribution in [0.5, 0.6) is 0 Å². The Morgan fingerprint density at radius 1 is 1.14 bits per heavy atom. The number of para-hydroxylation sites is 1. The van der Waals surface area contributed by atoms with Crippen molar-refractivity contribution in [2.24, 2.45) is 5.92 Å². The molecule has 1 unspecified atom stereocenters. The number of amides is 1. The number of hydrogen-bond acceptors (Lipinski definition) is 6. The van der Waals surface area contributed by atoms with Gasteiger partial charge in [-0.15, -0.1) is 23.1 Å². The van der Waals surface area contributed by atoms with E-state index in [1.54, 1.807) is 18.3 Å². The summed E-state index contributed by atoms with van der Waals surface area (Å²) in [6, 6.07) is 17.8. The number of nitrogens with zero attached hydrogens (tertiary/aromatic N) is 1. The topological polar surface area (TPSA) is 68.3 Å². The molecule has 0 aliphatic rings. The molecule has 0 saturated heterocycles. The second-order valence-electron chi connectivity index (χ2n) is 6.51. The van der Waals surface area contributed by atoms with Crippen molar-refractivity contribution in [3.8, 4) is 0 Å². The van der Waals surface area contributed by atoms with Gasteiger partial charge in [-0.3, -0.25) is 9.59 Å². The van der Waals surface area contributed by atoms with Gasteiger partial charge >= 0.3 is 5.97 Å². The van der Waals surface area contributed by atoms with Crippen LogP contribution >= 0.6 is 23.1 Å².